The second-order valence-electron chi connectivity index (χ2n) is 9.58. The normalized spacial score (nSPS) is 23.4. The molecule has 2 amide bonds. The Morgan fingerprint density at radius 1 is 1.28 bits per heavy atom. The summed E-state index contributed by atoms with van der Waals surface area (Å²) in [6, 6.07) is 6.58. The molecular weight excluding hydrogens is 366 g/mol. The molecule has 6 heteroatoms. The van der Waals surface area contributed by atoms with E-state index >= 15 is 0 Å². The summed E-state index contributed by atoms with van der Waals surface area (Å²) in [5.74, 6) is 1.06. The topological polar surface area (TPSA) is 75.9 Å². The van der Waals surface area contributed by atoms with E-state index in [1.54, 1.807) is 0 Å². The molecule has 2 N–H and O–H groups in total. The van der Waals surface area contributed by atoms with Crippen molar-refractivity contribution in [2.75, 3.05) is 26.7 Å². The third kappa shape index (κ3) is 5.30. The van der Waals surface area contributed by atoms with Crippen LogP contribution in [0.15, 0.2) is 18.2 Å². The molecule has 0 spiro atoms. The highest BCUT2D eigenvalue weighted by molar-refractivity contribution is 5.76. The molecule has 2 heterocycles. The van der Waals surface area contributed by atoms with Crippen molar-refractivity contribution < 1.29 is 14.3 Å². The van der Waals surface area contributed by atoms with Crippen LogP contribution in [0.1, 0.15) is 57.6 Å². The van der Waals surface area contributed by atoms with E-state index in [0.29, 0.717) is 18.4 Å². The molecule has 0 bridgehead atoms. The van der Waals surface area contributed by atoms with Gasteiger partial charge in [0, 0.05) is 44.7 Å². The molecular formula is C23H35N3O3. The van der Waals surface area contributed by atoms with E-state index in [0.717, 1.165) is 50.2 Å². The first kappa shape index (κ1) is 21.6. The molecule has 3 rings (SSSR count). The molecule has 2 atom stereocenters. The number of hydrogen-bond donors (Lipinski definition) is 1. The Labute approximate surface area is 174 Å². The lowest BCUT2D eigenvalue weighted by Crippen LogP contribution is -2.50. The summed E-state index contributed by atoms with van der Waals surface area (Å²) in [5, 5.41) is 0. The van der Waals surface area contributed by atoms with E-state index < -0.39 is 5.91 Å². The predicted octanol–water partition coefficient (Wildman–Crippen LogP) is 2.68. The Morgan fingerprint density at radius 3 is 2.72 bits per heavy atom. The number of hydrogen-bond acceptors (Lipinski definition) is 4. The molecule has 1 aromatic carbocycles. The number of nitrogens with zero attached hydrogens (tertiary/aromatic N) is 2. The van der Waals surface area contributed by atoms with Gasteiger partial charge >= 0.3 is 0 Å². The summed E-state index contributed by atoms with van der Waals surface area (Å²) in [6.45, 7) is 9.18. The van der Waals surface area contributed by atoms with Crippen molar-refractivity contribution >= 4 is 11.8 Å². The van der Waals surface area contributed by atoms with Gasteiger partial charge in [-0.1, -0.05) is 32.9 Å². The zero-order valence-corrected chi connectivity index (χ0v) is 18.2. The smallest absolute Gasteiger partial charge is 0.255 e. The minimum Gasteiger partial charge on any atom is -0.483 e. The lowest BCUT2D eigenvalue weighted by atomic mass is 9.85. The molecule has 0 unspecified atom stereocenters. The van der Waals surface area contributed by atoms with Gasteiger partial charge in [-0.3, -0.25) is 14.5 Å². The average Bonchev–Trinajstić information content (AvgIpc) is 2.78. The van der Waals surface area contributed by atoms with Gasteiger partial charge < -0.3 is 15.4 Å². The van der Waals surface area contributed by atoms with Gasteiger partial charge in [0.2, 0.25) is 5.91 Å². The zero-order chi connectivity index (χ0) is 21.2. The second kappa shape index (κ2) is 8.74. The van der Waals surface area contributed by atoms with Crippen molar-refractivity contribution in [3.05, 3.63) is 29.3 Å². The van der Waals surface area contributed by atoms with Crippen molar-refractivity contribution in [3.8, 4) is 5.75 Å². The van der Waals surface area contributed by atoms with Crippen LogP contribution in [0.3, 0.4) is 0 Å². The Hall–Kier alpha value is -2.08. The SMILES string of the molecule is CN1C(=O)CCC[C@H]2CN(Cc3cc(C(C)(C)C)ccc3OCC(N)=O)CC[C@H]21. The van der Waals surface area contributed by atoms with Crippen molar-refractivity contribution in [3.63, 3.8) is 0 Å². The molecule has 2 fully saturated rings. The fourth-order valence-corrected chi connectivity index (χ4v) is 4.61. The highest BCUT2D eigenvalue weighted by Gasteiger charge is 2.35. The molecule has 0 radical (unpaired) electrons. The Balaban J connectivity index is 1.77. The molecule has 0 saturated carbocycles. The summed E-state index contributed by atoms with van der Waals surface area (Å²) in [4.78, 5) is 27.8. The minimum absolute atomic E-state index is 0.0360. The fraction of sp³-hybridized carbons (Fsp3) is 0.652. The highest BCUT2D eigenvalue weighted by Crippen LogP contribution is 2.33. The molecule has 2 aliphatic rings. The van der Waals surface area contributed by atoms with E-state index in [4.69, 9.17) is 10.5 Å². The van der Waals surface area contributed by atoms with Gasteiger partial charge in [-0.25, -0.2) is 0 Å². The number of fused-ring (bicyclic) bond motifs is 1. The van der Waals surface area contributed by atoms with Crippen LogP contribution in [-0.4, -0.2) is 54.4 Å². The second-order valence-corrected chi connectivity index (χ2v) is 9.58. The quantitative estimate of drug-likeness (QED) is 0.823. The minimum atomic E-state index is -0.470. The van der Waals surface area contributed by atoms with Gasteiger partial charge in [0.05, 0.1) is 0 Å². The van der Waals surface area contributed by atoms with Crippen LogP contribution in [0.2, 0.25) is 0 Å². The molecule has 2 saturated heterocycles. The fourth-order valence-electron chi connectivity index (χ4n) is 4.61. The van der Waals surface area contributed by atoms with Gasteiger partial charge in [-0.15, -0.1) is 0 Å². The highest BCUT2D eigenvalue weighted by atomic mass is 16.5. The van der Waals surface area contributed by atoms with Crippen molar-refractivity contribution in [2.45, 2.75) is 64.5 Å². The van der Waals surface area contributed by atoms with E-state index in [2.05, 4.69) is 37.8 Å². The number of piperidine rings is 1. The van der Waals surface area contributed by atoms with Crippen LogP contribution in [-0.2, 0) is 21.5 Å². The first-order chi connectivity index (χ1) is 13.6. The van der Waals surface area contributed by atoms with Crippen LogP contribution < -0.4 is 10.5 Å². The summed E-state index contributed by atoms with van der Waals surface area (Å²) < 4.78 is 5.71. The van der Waals surface area contributed by atoms with Crippen LogP contribution >= 0.6 is 0 Å². The largest absolute Gasteiger partial charge is 0.483 e. The molecule has 0 aliphatic carbocycles. The maximum absolute atomic E-state index is 12.2. The molecule has 160 valence electrons. The average molecular weight is 402 g/mol. The van der Waals surface area contributed by atoms with E-state index in [9.17, 15) is 9.59 Å². The molecule has 0 aromatic heterocycles. The molecule has 6 nitrogen and oxygen atoms in total. The summed E-state index contributed by atoms with van der Waals surface area (Å²) in [7, 11) is 1.96. The first-order valence-electron chi connectivity index (χ1n) is 10.7. The first-order valence-corrected chi connectivity index (χ1v) is 10.7. The van der Waals surface area contributed by atoms with Crippen molar-refractivity contribution in [2.24, 2.45) is 11.7 Å². The maximum Gasteiger partial charge on any atom is 0.255 e. The zero-order valence-electron chi connectivity index (χ0n) is 18.2. The molecule has 1 aromatic rings. The maximum atomic E-state index is 12.2. The summed E-state index contributed by atoms with van der Waals surface area (Å²) in [5.41, 5.74) is 7.65. The van der Waals surface area contributed by atoms with Crippen LogP contribution in [0.25, 0.3) is 0 Å². The van der Waals surface area contributed by atoms with Crippen LogP contribution in [0.4, 0.5) is 0 Å². The number of carbonyl (C=O) groups is 2. The number of likely N-dealkylation sites (tertiary alicyclic amines) is 2. The summed E-state index contributed by atoms with van der Waals surface area (Å²) in [6.07, 6.45) is 3.75. The van der Waals surface area contributed by atoms with Crippen molar-refractivity contribution in [1.82, 2.24) is 9.80 Å². The Kier molecular flexibility index (Phi) is 6.52. The number of amides is 2. The number of carbonyl (C=O) groups excluding carboxylic acids is 2. The van der Waals surface area contributed by atoms with Gasteiger partial charge in [-0.2, -0.15) is 0 Å². The monoisotopic (exact) mass is 401 g/mol. The van der Waals surface area contributed by atoms with E-state index in [-0.39, 0.29) is 17.9 Å². The van der Waals surface area contributed by atoms with Gasteiger partial charge in [-0.05, 0) is 42.2 Å². The van der Waals surface area contributed by atoms with E-state index in [1.807, 2.05) is 18.0 Å². The van der Waals surface area contributed by atoms with E-state index in [1.165, 1.54) is 5.56 Å². The third-order valence-corrected chi connectivity index (χ3v) is 6.32. The standard InChI is InChI=1S/C23H35N3O3/c1-23(2,3)18-8-9-20(29-15-21(24)27)17(12-18)14-26-11-10-19-16(13-26)6-5-7-22(28)25(19)4/h8-9,12,16,19H,5-7,10-11,13-15H2,1-4H3,(H2,24,27)/t16-,19+/m0/s1. The number of ether oxygens (including phenoxy) is 1. The van der Waals surface area contributed by atoms with Crippen LogP contribution in [0.5, 0.6) is 5.75 Å². The Morgan fingerprint density at radius 2 is 2.03 bits per heavy atom. The number of rotatable bonds is 5. The molecule has 29 heavy (non-hydrogen) atoms. The van der Waals surface area contributed by atoms with Gasteiger partial charge in [0.15, 0.2) is 6.61 Å². The van der Waals surface area contributed by atoms with Crippen LogP contribution in [0, 0.1) is 5.92 Å². The van der Waals surface area contributed by atoms with Crippen molar-refractivity contribution in [1.29, 1.82) is 0 Å². The Bertz CT molecular complexity index is 756. The van der Waals surface area contributed by atoms with Gasteiger partial charge in [0.1, 0.15) is 5.75 Å². The predicted molar refractivity (Wildman–Crippen MR) is 114 cm³/mol. The lowest BCUT2D eigenvalue weighted by molar-refractivity contribution is -0.132. The van der Waals surface area contributed by atoms with Gasteiger partial charge in [0.25, 0.3) is 5.91 Å². The lowest BCUT2D eigenvalue weighted by Gasteiger charge is -2.41. The third-order valence-electron chi connectivity index (χ3n) is 6.32. The number of nitrogens with two attached hydrogens (primary N) is 1. The number of benzene rings is 1. The summed E-state index contributed by atoms with van der Waals surface area (Å²) >= 11 is 0. The molecule has 2 aliphatic heterocycles. The number of primary amides is 1.